The molecule has 0 radical (unpaired) electrons. The summed E-state index contributed by atoms with van der Waals surface area (Å²) in [5, 5.41) is 3.52. The van der Waals surface area contributed by atoms with Crippen molar-refractivity contribution in [3.8, 4) is 0 Å². The largest absolute Gasteiger partial charge is 0.383 e. The molecule has 0 saturated heterocycles. The van der Waals surface area contributed by atoms with Gasteiger partial charge < -0.3 is 14.8 Å². The van der Waals surface area contributed by atoms with Crippen molar-refractivity contribution in [3.63, 3.8) is 0 Å². The quantitative estimate of drug-likeness (QED) is 0.522. The van der Waals surface area contributed by atoms with Gasteiger partial charge in [0.05, 0.1) is 13.2 Å². The SMILES string of the molecule is CCCNCC(COC)N(CCOC)C(CC)CC. The molecule has 0 aliphatic carbocycles. The van der Waals surface area contributed by atoms with Gasteiger partial charge in [0.2, 0.25) is 0 Å². The molecule has 0 spiro atoms. The molecule has 1 atom stereocenters. The Morgan fingerprint density at radius 2 is 1.68 bits per heavy atom. The Hall–Kier alpha value is -0.160. The van der Waals surface area contributed by atoms with E-state index in [1.165, 1.54) is 19.3 Å². The van der Waals surface area contributed by atoms with Crippen LogP contribution in [0.1, 0.15) is 40.0 Å². The van der Waals surface area contributed by atoms with Crippen LogP contribution in [0.4, 0.5) is 0 Å². The first-order chi connectivity index (χ1) is 9.24. The lowest BCUT2D eigenvalue weighted by Gasteiger charge is -2.37. The molecular weight excluding hydrogens is 240 g/mol. The normalized spacial score (nSPS) is 13.4. The van der Waals surface area contributed by atoms with E-state index in [-0.39, 0.29) is 0 Å². The van der Waals surface area contributed by atoms with Crippen molar-refractivity contribution < 1.29 is 9.47 Å². The van der Waals surface area contributed by atoms with Crippen LogP contribution in [0.15, 0.2) is 0 Å². The molecule has 19 heavy (non-hydrogen) atoms. The molecule has 4 nitrogen and oxygen atoms in total. The van der Waals surface area contributed by atoms with Crippen molar-refractivity contribution in [2.45, 2.75) is 52.1 Å². The number of methoxy groups -OCH3 is 2. The molecule has 0 fully saturated rings. The molecule has 0 heterocycles. The average molecular weight is 274 g/mol. The monoisotopic (exact) mass is 274 g/mol. The Morgan fingerprint density at radius 1 is 1.00 bits per heavy atom. The highest BCUT2D eigenvalue weighted by Crippen LogP contribution is 2.13. The van der Waals surface area contributed by atoms with E-state index < -0.39 is 0 Å². The highest BCUT2D eigenvalue weighted by molar-refractivity contribution is 4.79. The van der Waals surface area contributed by atoms with E-state index >= 15 is 0 Å². The topological polar surface area (TPSA) is 33.7 Å². The van der Waals surface area contributed by atoms with E-state index in [1.54, 1.807) is 14.2 Å². The third-order valence-electron chi connectivity index (χ3n) is 3.60. The molecule has 0 bridgehead atoms. The number of ether oxygens (including phenoxy) is 2. The second-order valence-electron chi connectivity index (χ2n) is 5.01. The zero-order valence-electron chi connectivity index (χ0n) is 13.6. The van der Waals surface area contributed by atoms with E-state index in [0.29, 0.717) is 12.1 Å². The van der Waals surface area contributed by atoms with Gasteiger partial charge >= 0.3 is 0 Å². The molecule has 0 rings (SSSR count). The predicted octanol–water partition coefficient (Wildman–Crippen LogP) is 2.14. The fourth-order valence-corrected chi connectivity index (χ4v) is 2.53. The van der Waals surface area contributed by atoms with Crippen LogP contribution in [0.3, 0.4) is 0 Å². The van der Waals surface area contributed by atoms with Gasteiger partial charge in [0, 0.05) is 39.4 Å². The maximum Gasteiger partial charge on any atom is 0.0630 e. The van der Waals surface area contributed by atoms with E-state index in [2.05, 4.69) is 31.0 Å². The number of hydrogen-bond donors (Lipinski definition) is 1. The second kappa shape index (κ2) is 12.9. The average Bonchev–Trinajstić information content (AvgIpc) is 2.43. The summed E-state index contributed by atoms with van der Waals surface area (Å²) in [6.07, 6.45) is 3.52. The minimum Gasteiger partial charge on any atom is -0.383 e. The fourth-order valence-electron chi connectivity index (χ4n) is 2.53. The number of nitrogens with zero attached hydrogens (tertiary/aromatic N) is 1. The molecule has 4 heteroatoms. The predicted molar refractivity (Wildman–Crippen MR) is 81.8 cm³/mol. The van der Waals surface area contributed by atoms with Gasteiger partial charge in [-0.15, -0.1) is 0 Å². The van der Waals surface area contributed by atoms with Gasteiger partial charge in [-0.1, -0.05) is 20.8 Å². The maximum atomic E-state index is 5.41. The Morgan fingerprint density at radius 3 is 2.16 bits per heavy atom. The molecule has 1 N–H and O–H groups in total. The second-order valence-corrected chi connectivity index (χ2v) is 5.01. The lowest BCUT2D eigenvalue weighted by molar-refractivity contribution is 0.0368. The van der Waals surface area contributed by atoms with E-state index in [1.807, 2.05) is 0 Å². The molecule has 0 aromatic rings. The van der Waals surface area contributed by atoms with Gasteiger partial charge in [0.15, 0.2) is 0 Å². The van der Waals surface area contributed by atoms with Crippen LogP contribution < -0.4 is 5.32 Å². The van der Waals surface area contributed by atoms with Gasteiger partial charge in [-0.2, -0.15) is 0 Å². The molecule has 0 aromatic carbocycles. The number of nitrogens with one attached hydrogen (secondary N) is 1. The third kappa shape index (κ3) is 7.88. The first-order valence-corrected chi connectivity index (χ1v) is 7.69. The fraction of sp³-hybridized carbons (Fsp3) is 1.00. The summed E-state index contributed by atoms with van der Waals surface area (Å²) in [5.41, 5.74) is 0. The van der Waals surface area contributed by atoms with Gasteiger partial charge in [-0.05, 0) is 25.8 Å². The van der Waals surface area contributed by atoms with Crippen molar-refractivity contribution in [1.82, 2.24) is 10.2 Å². The Labute approximate surface area is 119 Å². The summed E-state index contributed by atoms with van der Waals surface area (Å²) in [6, 6.07) is 1.04. The molecule has 1 unspecified atom stereocenters. The third-order valence-corrected chi connectivity index (χ3v) is 3.60. The molecule has 0 saturated carbocycles. The van der Waals surface area contributed by atoms with Crippen molar-refractivity contribution in [1.29, 1.82) is 0 Å². The zero-order valence-corrected chi connectivity index (χ0v) is 13.6. The van der Waals surface area contributed by atoms with Crippen molar-refractivity contribution in [2.75, 3.05) is 47.1 Å². The zero-order chi connectivity index (χ0) is 14.5. The molecule has 0 aliphatic heterocycles. The molecule has 0 aliphatic rings. The van der Waals surface area contributed by atoms with Crippen LogP contribution in [0.25, 0.3) is 0 Å². The van der Waals surface area contributed by atoms with Crippen LogP contribution in [-0.2, 0) is 9.47 Å². The lowest BCUT2D eigenvalue weighted by atomic mass is 10.1. The van der Waals surface area contributed by atoms with Crippen LogP contribution in [-0.4, -0.2) is 64.1 Å². The van der Waals surface area contributed by atoms with E-state index in [0.717, 1.165) is 32.8 Å². The van der Waals surface area contributed by atoms with E-state index in [4.69, 9.17) is 9.47 Å². The van der Waals surface area contributed by atoms with Crippen molar-refractivity contribution in [2.24, 2.45) is 0 Å². The number of rotatable bonds is 13. The first-order valence-electron chi connectivity index (χ1n) is 7.69. The number of hydrogen-bond acceptors (Lipinski definition) is 4. The van der Waals surface area contributed by atoms with E-state index in [9.17, 15) is 0 Å². The van der Waals surface area contributed by atoms with Gasteiger partial charge in [-0.3, -0.25) is 4.90 Å². The minimum absolute atomic E-state index is 0.427. The smallest absolute Gasteiger partial charge is 0.0630 e. The van der Waals surface area contributed by atoms with Gasteiger partial charge in [-0.25, -0.2) is 0 Å². The van der Waals surface area contributed by atoms with Gasteiger partial charge in [0.1, 0.15) is 0 Å². The standard InChI is InChI=1S/C15H34N2O2/c1-6-9-16-12-15(13-19-5)17(10-11-18-4)14(7-2)8-3/h14-16H,6-13H2,1-5H3. The summed E-state index contributed by atoms with van der Waals surface area (Å²) in [6.45, 7) is 11.3. The molecule has 0 aromatic heterocycles. The Bertz CT molecular complexity index is 187. The summed E-state index contributed by atoms with van der Waals surface area (Å²) in [7, 11) is 3.56. The van der Waals surface area contributed by atoms with Crippen molar-refractivity contribution >= 4 is 0 Å². The summed E-state index contributed by atoms with van der Waals surface area (Å²) in [5.74, 6) is 0. The first kappa shape index (κ1) is 18.8. The molecule has 0 amide bonds. The van der Waals surface area contributed by atoms with Crippen LogP contribution >= 0.6 is 0 Å². The highest BCUT2D eigenvalue weighted by atomic mass is 16.5. The summed E-state index contributed by atoms with van der Waals surface area (Å²) < 4.78 is 10.7. The van der Waals surface area contributed by atoms with Crippen LogP contribution in [0, 0.1) is 0 Å². The molecule has 116 valence electrons. The summed E-state index contributed by atoms with van der Waals surface area (Å²) in [4.78, 5) is 2.55. The van der Waals surface area contributed by atoms with Crippen LogP contribution in [0.5, 0.6) is 0 Å². The Balaban J connectivity index is 4.58. The van der Waals surface area contributed by atoms with Crippen molar-refractivity contribution in [3.05, 3.63) is 0 Å². The lowest BCUT2D eigenvalue weighted by Crippen LogP contribution is -2.51. The van der Waals surface area contributed by atoms with Crippen LogP contribution in [0.2, 0.25) is 0 Å². The maximum absolute atomic E-state index is 5.41. The highest BCUT2D eigenvalue weighted by Gasteiger charge is 2.23. The molecular formula is C15H34N2O2. The summed E-state index contributed by atoms with van der Waals surface area (Å²) >= 11 is 0. The minimum atomic E-state index is 0.427. The Kier molecular flexibility index (Phi) is 12.7. The van der Waals surface area contributed by atoms with Gasteiger partial charge in [0.25, 0.3) is 0 Å².